The van der Waals surface area contributed by atoms with Crippen LogP contribution in [0.3, 0.4) is 0 Å². The maximum absolute atomic E-state index is 12.1. The highest BCUT2D eigenvalue weighted by molar-refractivity contribution is 5.85. The Morgan fingerprint density at radius 1 is 1.40 bits per heavy atom. The fourth-order valence-corrected chi connectivity index (χ4v) is 2.91. The molecule has 20 heavy (non-hydrogen) atoms. The van der Waals surface area contributed by atoms with Crippen molar-refractivity contribution in [2.45, 2.75) is 19.4 Å². The summed E-state index contributed by atoms with van der Waals surface area (Å²) in [7, 11) is 2.02. The van der Waals surface area contributed by atoms with Gasteiger partial charge in [0.1, 0.15) is 0 Å². The van der Waals surface area contributed by atoms with Crippen molar-refractivity contribution in [2.24, 2.45) is 13.0 Å². The van der Waals surface area contributed by atoms with Crippen LogP contribution in [0.2, 0.25) is 0 Å². The van der Waals surface area contributed by atoms with Gasteiger partial charge in [0, 0.05) is 43.7 Å². The van der Waals surface area contributed by atoms with Crippen molar-refractivity contribution in [2.75, 3.05) is 6.54 Å². The second kappa shape index (κ2) is 5.01. The molecule has 2 heterocycles. The second-order valence-electron chi connectivity index (χ2n) is 5.42. The fraction of sp³-hybridized carbons (Fsp3) is 0.375. The monoisotopic (exact) mass is 267 g/mol. The lowest BCUT2D eigenvalue weighted by molar-refractivity contribution is -0.134. The van der Waals surface area contributed by atoms with Gasteiger partial charge in [0.2, 0.25) is 5.91 Å². The Morgan fingerprint density at radius 3 is 2.95 bits per heavy atom. The summed E-state index contributed by atoms with van der Waals surface area (Å²) in [5.74, 6) is -0.0120. The lowest BCUT2D eigenvalue weighted by Crippen LogP contribution is -2.37. The number of aromatic nitrogens is 1. The van der Waals surface area contributed by atoms with E-state index in [1.54, 1.807) is 0 Å². The summed E-state index contributed by atoms with van der Waals surface area (Å²) in [6.45, 7) is 1.32. The molecule has 0 N–H and O–H groups in total. The third-order valence-electron chi connectivity index (χ3n) is 4.04. The highest BCUT2D eigenvalue weighted by Crippen LogP contribution is 2.24. The van der Waals surface area contributed by atoms with Crippen molar-refractivity contribution in [3.63, 3.8) is 0 Å². The predicted octanol–water partition coefficient (Wildman–Crippen LogP) is 2.44. The number of nitriles is 1. The summed E-state index contributed by atoms with van der Waals surface area (Å²) in [5, 5.41) is 10.1. The molecule has 3 rings (SSSR count). The van der Waals surface area contributed by atoms with E-state index >= 15 is 0 Å². The first-order valence-electron chi connectivity index (χ1n) is 6.89. The zero-order valence-corrected chi connectivity index (χ0v) is 11.5. The van der Waals surface area contributed by atoms with Crippen LogP contribution in [-0.4, -0.2) is 21.9 Å². The van der Waals surface area contributed by atoms with Gasteiger partial charge in [-0.25, -0.2) is 0 Å². The summed E-state index contributed by atoms with van der Waals surface area (Å²) < 4.78 is 2.09. The van der Waals surface area contributed by atoms with E-state index < -0.39 is 0 Å². The van der Waals surface area contributed by atoms with Crippen LogP contribution in [0.5, 0.6) is 0 Å². The Kier molecular flexibility index (Phi) is 3.19. The minimum absolute atomic E-state index is 0.0933. The topological polar surface area (TPSA) is 49.0 Å². The lowest BCUT2D eigenvalue weighted by atomic mass is 9.97. The fourth-order valence-electron chi connectivity index (χ4n) is 2.91. The molecule has 102 valence electrons. The normalized spacial score (nSPS) is 19.3. The molecule has 1 amide bonds. The second-order valence-corrected chi connectivity index (χ2v) is 5.42. The van der Waals surface area contributed by atoms with E-state index in [1.165, 1.54) is 16.5 Å². The number of fused-ring (bicyclic) bond motifs is 1. The van der Waals surface area contributed by atoms with Gasteiger partial charge in [-0.15, -0.1) is 0 Å². The number of carbonyl (C=O) groups is 1. The lowest BCUT2D eigenvalue weighted by Gasteiger charge is -2.28. The van der Waals surface area contributed by atoms with Crippen LogP contribution in [0.4, 0.5) is 0 Å². The Morgan fingerprint density at radius 2 is 2.20 bits per heavy atom. The quantitative estimate of drug-likeness (QED) is 0.839. The highest BCUT2D eigenvalue weighted by atomic mass is 16.2. The van der Waals surface area contributed by atoms with Gasteiger partial charge in [0.25, 0.3) is 0 Å². The SMILES string of the molecule is Cn1cc(CN2CCC(C#N)CC2=O)c2ccccc21. The summed E-state index contributed by atoms with van der Waals surface area (Å²) in [4.78, 5) is 13.9. The van der Waals surface area contributed by atoms with Gasteiger partial charge >= 0.3 is 0 Å². The number of nitrogens with zero attached hydrogens (tertiary/aromatic N) is 3. The van der Waals surface area contributed by atoms with E-state index in [0.29, 0.717) is 19.5 Å². The maximum atomic E-state index is 12.1. The van der Waals surface area contributed by atoms with Gasteiger partial charge in [0.05, 0.1) is 12.0 Å². The molecule has 0 saturated carbocycles. The van der Waals surface area contributed by atoms with E-state index in [9.17, 15) is 4.79 Å². The summed E-state index contributed by atoms with van der Waals surface area (Å²) in [5.41, 5.74) is 2.36. The van der Waals surface area contributed by atoms with E-state index in [2.05, 4.69) is 29.0 Å². The van der Waals surface area contributed by atoms with Gasteiger partial charge in [-0.05, 0) is 18.1 Å². The van der Waals surface area contributed by atoms with Gasteiger partial charge < -0.3 is 9.47 Å². The van der Waals surface area contributed by atoms with Crippen molar-refractivity contribution in [3.05, 3.63) is 36.0 Å². The van der Waals surface area contributed by atoms with E-state index in [0.717, 1.165) is 6.42 Å². The molecular formula is C16H17N3O. The maximum Gasteiger partial charge on any atom is 0.224 e. The van der Waals surface area contributed by atoms with Gasteiger partial charge in [-0.1, -0.05) is 18.2 Å². The molecule has 1 atom stereocenters. The van der Waals surface area contributed by atoms with E-state index in [-0.39, 0.29) is 11.8 Å². The number of para-hydroxylation sites is 1. The first-order chi connectivity index (χ1) is 9.69. The average Bonchev–Trinajstić information content (AvgIpc) is 2.78. The minimum Gasteiger partial charge on any atom is -0.350 e. The number of likely N-dealkylation sites (tertiary alicyclic amines) is 1. The van der Waals surface area contributed by atoms with Gasteiger partial charge in [-0.3, -0.25) is 4.79 Å². The third kappa shape index (κ3) is 2.16. The van der Waals surface area contributed by atoms with Crippen LogP contribution in [-0.2, 0) is 18.4 Å². The summed E-state index contributed by atoms with van der Waals surface area (Å²) in [6, 6.07) is 10.4. The number of carbonyl (C=O) groups excluding carboxylic acids is 1. The van der Waals surface area contributed by atoms with Crippen molar-refractivity contribution in [1.29, 1.82) is 5.26 Å². The molecule has 0 spiro atoms. The first kappa shape index (κ1) is 12.7. The molecule has 1 aliphatic rings. The van der Waals surface area contributed by atoms with Crippen molar-refractivity contribution in [3.8, 4) is 6.07 Å². The Hall–Kier alpha value is -2.28. The number of piperidine rings is 1. The molecule has 1 aromatic carbocycles. The summed E-state index contributed by atoms with van der Waals surface area (Å²) in [6.07, 6.45) is 3.24. The molecule has 2 aromatic rings. The van der Waals surface area contributed by atoms with Crippen molar-refractivity contribution >= 4 is 16.8 Å². The number of aryl methyl sites for hydroxylation is 1. The Balaban J connectivity index is 1.84. The standard InChI is InChI=1S/C16H17N3O/c1-18-10-13(14-4-2-3-5-15(14)18)11-19-7-6-12(9-17)8-16(19)20/h2-5,10,12H,6-8,11H2,1H3. The van der Waals surface area contributed by atoms with E-state index in [1.807, 2.05) is 24.1 Å². The molecule has 1 fully saturated rings. The van der Waals surface area contributed by atoms with Crippen LogP contribution in [0.1, 0.15) is 18.4 Å². The Bertz CT molecular complexity index is 695. The number of rotatable bonds is 2. The highest BCUT2D eigenvalue weighted by Gasteiger charge is 2.26. The molecule has 1 aromatic heterocycles. The number of hydrogen-bond acceptors (Lipinski definition) is 2. The average molecular weight is 267 g/mol. The molecular weight excluding hydrogens is 250 g/mol. The van der Waals surface area contributed by atoms with E-state index in [4.69, 9.17) is 5.26 Å². The molecule has 1 saturated heterocycles. The number of hydrogen-bond donors (Lipinski definition) is 0. The number of amides is 1. The molecule has 0 aliphatic carbocycles. The molecule has 0 radical (unpaired) electrons. The first-order valence-corrected chi connectivity index (χ1v) is 6.89. The molecule has 4 heteroatoms. The van der Waals surface area contributed by atoms with Crippen LogP contribution in [0, 0.1) is 17.2 Å². The Labute approximate surface area is 118 Å². The van der Waals surface area contributed by atoms with Crippen LogP contribution in [0.25, 0.3) is 10.9 Å². The molecule has 1 aliphatic heterocycles. The van der Waals surface area contributed by atoms with Crippen LogP contribution in [0.15, 0.2) is 30.5 Å². The van der Waals surface area contributed by atoms with Crippen LogP contribution < -0.4 is 0 Å². The smallest absolute Gasteiger partial charge is 0.224 e. The van der Waals surface area contributed by atoms with Crippen molar-refractivity contribution in [1.82, 2.24) is 9.47 Å². The third-order valence-corrected chi connectivity index (χ3v) is 4.04. The predicted molar refractivity (Wildman–Crippen MR) is 76.7 cm³/mol. The largest absolute Gasteiger partial charge is 0.350 e. The van der Waals surface area contributed by atoms with Crippen LogP contribution >= 0.6 is 0 Å². The molecule has 0 bridgehead atoms. The van der Waals surface area contributed by atoms with Gasteiger partial charge in [0.15, 0.2) is 0 Å². The molecule has 4 nitrogen and oxygen atoms in total. The zero-order valence-electron chi connectivity index (χ0n) is 11.5. The van der Waals surface area contributed by atoms with Crippen molar-refractivity contribution < 1.29 is 4.79 Å². The summed E-state index contributed by atoms with van der Waals surface area (Å²) >= 11 is 0. The zero-order chi connectivity index (χ0) is 14.1. The number of benzene rings is 1. The van der Waals surface area contributed by atoms with Gasteiger partial charge in [-0.2, -0.15) is 5.26 Å². The minimum atomic E-state index is -0.105. The molecule has 1 unspecified atom stereocenters.